The van der Waals surface area contributed by atoms with E-state index in [4.69, 9.17) is 0 Å². The number of urea groups is 1. The second kappa shape index (κ2) is 7.18. The van der Waals surface area contributed by atoms with Crippen LogP contribution >= 0.6 is 0 Å². The summed E-state index contributed by atoms with van der Waals surface area (Å²) in [5, 5.41) is 18.8. The number of aromatic nitrogens is 4. The third kappa shape index (κ3) is 3.40. The Hall–Kier alpha value is -3.23. The molecule has 1 unspecified atom stereocenters. The van der Waals surface area contributed by atoms with Gasteiger partial charge in [-0.05, 0) is 37.6 Å². The smallest absolute Gasteiger partial charge is 0.317 e. The second-order valence-corrected chi connectivity index (χ2v) is 6.40. The van der Waals surface area contributed by atoms with Gasteiger partial charge in [-0.15, -0.1) is 15.3 Å². The van der Waals surface area contributed by atoms with E-state index >= 15 is 0 Å². The standard InChI is InChI=1S/C18H20FN7O/c1-2-20-18(27)25-10-9-12(11-25)21-15-7-8-16-22-23-17(26(16)24-15)13-5-3-4-6-14(13)19/h3-8,12H,2,9-11H2,1H3,(H,20,27)(H,21,24). The number of nitrogens with zero attached hydrogens (tertiary/aromatic N) is 5. The third-order valence-electron chi connectivity index (χ3n) is 4.53. The molecule has 0 spiro atoms. The van der Waals surface area contributed by atoms with Crippen LogP contribution in [0.3, 0.4) is 0 Å². The first-order chi connectivity index (χ1) is 13.2. The maximum atomic E-state index is 14.1. The largest absolute Gasteiger partial charge is 0.364 e. The first kappa shape index (κ1) is 17.2. The molecular weight excluding hydrogens is 349 g/mol. The van der Waals surface area contributed by atoms with Crippen LogP contribution in [-0.2, 0) is 0 Å². The number of nitrogens with one attached hydrogen (secondary N) is 2. The van der Waals surface area contributed by atoms with Crippen LogP contribution in [0.1, 0.15) is 13.3 Å². The topological polar surface area (TPSA) is 87.5 Å². The van der Waals surface area contributed by atoms with E-state index in [2.05, 4.69) is 25.9 Å². The van der Waals surface area contributed by atoms with Crippen molar-refractivity contribution in [3.63, 3.8) is 0 Å². The van der Waals surface area contributed by atoms with Crippen LogP contribution in [0.5, 0.6) is 0 Å². The molecule has 4 rings (SSSR count). The molecule has 0 saturated carbocycles. The van der Waals surface area contributed by atoms with Crippen LogP contribution in [0, 0.1) is 5.82 Å². The van der Waals surface area contributed by atoms with E-state index in [-0.39, 0.29) is 17.9 Å². The summed E-state index contributed by atoms with van der Waals surface area (Å²) in [5.74, 6) is 0.602. The van der Waals surface area contributed by atoms with Crippen LogP contribution < -0.4 is 10.6 Å². The molecule has 1 aliphatic rings. The average molecular weight is 369 g/mol. The highest BCUT2D eigenvalue weighted by Gasteiger charge is 2.26. The Kier molecular flexibility index (Phi) is 4.57. The predicted molar refractivity (Wildman–Crippen MR) is 98.8 cm³/mol. The molecule has 2 N–H and O–H groups in total. The molecule has 0 bridgehead atoms. The Morgan fingerprint density at radius 3 is 2.93 bits per heavy atom. The Balaban J connectivity index is 1.55. The highest BCUT2D eigenvalue weighted by Crippen LogP contribution is 2.22. The first-order valence-corrected chi connectivity index (χ1v) is 8.92. The lowest BCUT2D eigenvalue weighted by Crippen LogP contribution is -2.39. The van der Waals surface area contributed by atoms with Gasteiger partial charge in [0.05, 0.1) is 5.56 Å². The van der Waals surface area contributed by atoms with E-state index < -0.39 is 0 Å². The van der Waals surface area contributed by atoms with Gasteiger partial charge < -0.3 is 15.5 Å². The quantitative estimate of drug-likeness (QED) is 0.736. The lowest BCUT2D eigenvalue weighted by atomic mass is 10.2. The number of carbonyl (C=O) groups excluding carboxylic acids is 1. The van der Waals surface area contributed by atoms with Gasteiger partial charge in [0.25, 0.3) is 0 Å². The van der Waals surface area contributed by atoms with E-state index in [1.165, 1.54) is 10.6 Å². The minimum absolute atomic E-state index is 0.0501. The molecule has 3 heterocycles. The molecule has 2 amide bonds. The summed E-state index contributed by atoms with van der Waals surface area (Å²) in [5.41, 5.74) is 0.882. The van der Waals surface area contributed by atoms with Crippen molar-refractivity contribution in [2.75, 3.05) is 25.0 Å². The van der Waals surface area contributed by atoms with E-state index in [1.807, 2.05) is 13.0 Å². The van der Waals surface area contributed by atoms with Crippen molar-refractivity contribution < 1.29 is 9.18 Å². The van der Waals surface area contributed by atoms with Crippen molar-refractivity contribution in [1.82, 2.24) is 30.0 Å². The van der Waals surface area contributed by atoms with Crippen LogP contribution in [0.4, 0.5) is 15.0 Å². The maximum Gasteiger partial charge on any atom is 0.317 e. The van der Waals surface area contributed by atoms with Crippen LogP contribution in [0.15, 0.2) is 36.4 Å². The zero-order chi connectivity index (χ0) is 18.8. The second-order valence-electron chi connectivity index (χ2n) is 6.40. The number of hydrogen-bond acceptors (Lipinski definition) is 5. The Morgan fingerprint density at radius 2 is 2.11 bits per heavy atom. The Morgan fingerprint density at radius 1 is 1.26 bits per heavy atom. The predicted octanol–water partition coefficient (Wildman–Crippen LogP) is 2.15. The molecule has 0 radical (unpaired) electrons. The number of anilines is 1. The molecule has 27 heavy (non-hydrogen) atoms. The molecule has 1 saturated heterocycles. The number of hydrogen-bond donors (Lipinski definition) is 2. The van der Waals surface area contributed by atoms with Gasteiger partial charge in [0.1, 0.15) is 11.6 Å². The molecule has 140 valence electrons. The van der Waals surface area contributed by atoms with Crippen molar-refractivity contribution in [3.8, 4) is 11.4 Å². The van der Waals surface area contributed by atoms with E-state index in [0.717, 1.165) is 6.42 Å². The highest BCUT2D eigenvalue weighted by atomic mass is 19.1. The van der Waals surface area contributed by atoms with Crippen molar-refractivity contribution in [2.24, 2.45) is 0 Å². The Labute approximate surface area is 155 Å². The summed E-state index contributed by atoms with van der Waals surface area (Å²) in [4.78, 5) is 13.7. The molecular formula is C18H20FN7O. The number of likely N-dealkylation sites (tertiary alicyclic amines) is 1. The molecule has 2 aromatic heterocycles. The average Bonchev–Trinajstić information content (AvgIpc) is 3.29. The number of amides is 2. The summed E-state index contributed by atoms with van der Waals surface area (Å²) < 4.78 is 15.6. The first-order valence-electron chi connectivity index (χ1n) is 8.92. The molecule has 3 aromatic rings. The minimum atomic E-state index is -0.375. The minimum Gasteiger partial charge on any atom is -0.364 e. The molecule has 1 aromatic carbocycles. The normalized spacial score (nSPS) is 16.7. The summed E-state index contributed by atoms with van der Waals surface area (Å²) in [6, 6.07) is 10.0. The number of fused-ring (bicyclic) bond motifs is 1. The summed E-state index contributed by atoms with van der Waals surface area (Å²) >= 11 is 0. The van der Waals surface area contributed by atoms with Gasteiger partial charge in [0.2, 0.25) is 0 Å². The summed E-state index contributed by atoms with van der Waals surface area (Å²) in [6.07, 6.45) is 0.833. The number of halogens is 1. The third-order valence-corrected chi connectivity index (χ3v) is 4.53. The molecule has 8 nitrogen and oxygen atoms in total. The van der Waals surface area contributed by atoms with Crippen LogP contribution in [0.25, 0.3) is 17.0 Å². The lowest BCUT2D eigenvalue weighted by molar-refractivity contribution is 0.209. The SMILES string of the molecule is CCNC(=O)N1CCC(Nc2ccc3nnc(-c4ccccc4F)n3n2)C1. The van der Waals surface area contributed by atoms with Gasteiger partial charge in [0, 0.05) is 25.7 Å². The molecule has 1 atom stereocenters. The zero-order valence-corrected chi connectivity index (χ0v) is 14.9. The summed E-state index contributed by atoms with van der Waals surface area (Å²) in [6.45, 7) is 3.81. The Bertz CT molecular complexity index is 973. The van der Waals surface area contributed by atoms with Gasteiger partial charge >= 0.3 is 6.03 Å². The van der Waals surface area contributed by atoms with Crippen LogP contribution in [-0.4, -0.2) is 56.4 Å². The number of benzene rings is 1. The fourth-order valence-corrected chi connectivity index (χ4v) is 3.21. The van der Waals surface area contributed by atoms with Crippen molar-refractivity contribution >= 4 is 17.5 Å². The fourth-order valence-electron chi connectivity index (χ4n) is 3.21. The lowest BCUT2D eigenvalue weighted by Gasteiger charge is -2.17. The van der Waals surface area contributed by atoms with E-state index in [9.17, 15) is 9.18 Å². The zero-order valence-electron chi connectivity index (χ0n) is 14.9. The monoisotopic (exact) mass is 369 g/mol. The van der Waals surface area contributed by atoms with Crippen molar-refractivity contribution in [3.05, 3.63) is 42.2 Å². The number of rotatable bonds is 4. The highest BCUT2D eigenvalue weighted by molar-refractivity contribution is 5.74. The molecule has 0 aliphatic carbocycles. The van der Waals surface area contributed by atoms with Gasteiger partial charge in [-0.2, -0.15) is 4.52 Å². The molecule has 1 aliphatic heterocycles. The number of carbonyl (C=O) groups is 1. The van der Waals surface area contributed by atoms with E-state index in [0.29, 0.717) is 42.5 Å². The fraction of sp³-hybridized carbons (Fsp3) is 0.333. The van der Waals surface area contributed by atoms with Crippen molar-refractivity contribution in [2.45, 2.75) is 19.4 Å². The van der Waals surface area contributed by atoms with E-state index in [1.54, 1.807) is 29.2 Å². The van der Waals surface area contributed by atoms with Crippen molar-refractivity contribution in [1.29, 1.82) is 0 Å². The van der Waals surface area contributed by atoms with Gasteiger partial charge in [0.15, 0.2) is 11.5 Å². The maximum absolute atomic E-state index is 14.1. The van der Waals surface area contributed by atoms with Gasteiger partial charge in [-0.1, -0.05) is 12.1 Å². The van der Waals surface area contributed by atoms with Gasteiger partial charge in [-0.3, -0.25) is 0 Å². The summed E-state index contributed by atoms with van der Waals surface area (Å²) in [7, 11) is 0. The van der Waals surface area contributed by atoms with Crippen LogP contribution in [0.2, 0.25) is 0 Å². The molecule has 1 fully saturated rings. The molecule has 9 heteroatoms. The van der Waals surface area contributed by atoms with Gasteiger partial charge in [-0.25, -0.2) is 9.18 Å².